The lowest BCUT2D eigenvalue weighted by atomic mass is 10.2. The minimum Gasteiger partial charge on any atom is -0.0885 e. The lowest BCUT2D eigenvalue weighted by Crippen LogP contribution is -2.43. The molecule has 0 radical (unpaired) electrons. The zero-order valence-electron chi connectivity index (χ0n) is 13.7. The van der Waals surface area contributed by atoms with Gasteiger partial charge in [0, 0.05) is 10.7 Å². The molecule has 0 aliphatic carbocycles. The zero-order chi connectivity index (χ0) is 17.3. The Balaban J connectivity index is 1.73. The Bertz CT molecular complexity index is 1150. The maximum absolute atomic E-state index is 4.74. The monoisotopic (exact) mass is 356 g/mol. The third-order valence-corrected chi connectivity index (χ3v) is 5.03. The normalized spacial score (nSPS) is 11.1. The van der Waals surface area contributed by atoms with Crippen LogP contribution in [-0.2, 0) is 0 Å². The Morgan fingerprint density at radius 2 is 1.46 bits per heavy atom. The second-order valence-electron chi connectivity index (χ2n) is 5.77. The van der Waals surface area contributed by atoms with Crippen LogP contribution in [-0.4, -0.2) is 20.0 Å². The average molecular weight is 356 g/mol. The minimum atomic E-state index is 0.661. The summed E-state index contributed by atoms with van der Waals surface area (Å²) in [4.78, 5) is 8.29. The first-order valence-electron chi connectivity index (χ1n) is 8.25. The molecule has 0 bridgehead atoms. The number of hydrogen-bond donors (Lipinski definition) is 0. The number of benzene rings is 3. The lowest BCUT2D eigenvalue weighted by molar-refractivity contribution is -0.734. The highest BCUT2D eigenvalue weighted by atomic mass is 32.1. The van der Waals surface area contributed by atoms with Crippen LogP contribution in [0.2, 0.25) is 0 Å². The topological polar surface area (TPSA) is 47.5 Å². The van der Waals surface area contributed by atoms with Crippen molar-refractivity contribution < 1.29 is 4.80 Å². The van der Waals surface area contributed by atoms with Gasteiger partial charge >= 0.3 is 5.13 Å². The highest BCUT2D eigenvalue weighted by Crippen LogP contribution is 2.22. The van der Waals surface area contributed by atoms with Crippen molar-refractivity contribution in [2.75, 3.05) is 0 Å². The molecule has 2 heterocycles. The molecule has 0 aliphatic heterocycles. The zero-order valence-corrected chi connectivity index (χ0v) is 14.5. The second kappa shape index (κ2) is 6.16. The fourth-order valence-electron chi connectivity index (χ4n) is 2.78. The number of hydrogen-bond acceptors (Lipinski definition) is 4. The van der Waals surface area contributed by atoms with Gasteiger partial charge in [-0.1, -0.05) is 64.9 Å². The van der Waals surface area contributed by atoms with Crippen molar-refractivity contribution in [2.24, 2.45) is 0 Å². The third kappa shape index (κ3) is 2.57. The number of fused-ring (bicyclic) bond motifs is 1. The molecule has 0 spiro atoms. The number of tetrazole rings is 1. The summed E-state index contributed by atoms with van der Waals surface area (Å²) in [6.45, 7) is 0. The smallest absolute Gasteiger partial charge is 0.0885 e. The van der Waals surface area contributed by atoms with Crippen LogP contribution in [0, 0.1) is 0 Å². The molecule has 0 N–H and O–H groups in total. The SMILES string of the molecule is c1ccc(-c2nn(-c3ccccc3)[n+](-c3nc4ccccc4s3)n2)cc1. The molecule has 5 aromatic rings. The molecular weight excluding hydrogens is 342 g/mol. The summed E-state index contributed by atoms with van der Waals surface area (Å²) < 4.78 is 1.12. The van der Waals surface area contributed by atoms with Crippen molar-refractivity contribution in [1.29, 1.82) is 0 Å². The van der Waals surface area contributed by atoms with E-state index in [1.165, 1.54) is 0 Å². The molecule has 0 aliphatic rings. The van der Waals surface area contributed by atoms with Crippen LogP contribution in [0.3, 0.4) is 0 Å². The molecule has 124 valence electrons. The van der Waals surface area contributed by atoms with Gasteiger partial charge in [-0.05, 0) is 51.1 Å². The summed E-state index contributed by atoms with van der Waals surface area (Å²) in [6, 6.07) is 28.0. The van der Waals surface area contributed by atoms with E-state index in [4.69, 9.17) is 15.2 Å². The van der Waals surface area contributed by atoms with E-state index in [0.717, 1.165) is 26.6 Å². The van der Waals surface area contributed by atoms with E-state index in [9.17, 15) is 0 Å². The Morgan fingerprint density at radius 3 is 2.23 bits per heavy atom. The number of thiazole rings is 1. The fourth-order valence-corrected chi connectivity index (χ4v) is 3.69. The van der Waals surface area contributed by atoms with Gasteiger partial charge in [-0.2, -0.15) is 0 Å². The molecule has 0 fully saturated rings. The molecule has 3 aromatic carbocycles. The highest BCUT2D eigenvalue weighted by molar-refractivity contribution is 7.20. The molecule has 0 saturated carbocycles. The van der Waals surface area contributed by atoms with Crippen molar-refractivity contribution in [1.82, 2.24) is 20.0 Å². The van der Waals surface area contributed by atoms with Crippen molar-refractivity contribution in [3.63, 3.8) is 0 Å². The Labute approximate surface area is 153 Å². The first-order chi connectivity index (χ1) is 12.9. The van der Waals surface area contributed by atoms with Crippen LogP contribution < -0.4 is 4.80 Å². The number of rotatable bonds is 3. The van der Waals surface area contributed by atoms with E-state index < -0.39 is 0 Å². The van der Waals surface area contributed by atoms with E-state index in [2.05, 4.69) is 6.07 Å². The van der Waals surface area contributed by atoms with Gasteiger partial charge in [0.25, 0.3) is 5.82 Å². The van der Waals surface area contributed by atoms with Gasteiger partial charge in [0.05, 0.1) is 4.70 Å². The summed E-state index contributed by atoms with van der Waals surface area (Å²) in [5.41, 5.74) is 2.86. The van der Waals surface area contributed by atoms with E-state index in [-0.39, 0.29) is 0 Å². The number of nitrogens with zero attached hydrogens (tertiary/aromatic N) is 5. The summed E-state index contributed by atoms with van der Waals surface area (Å²) in [5, 5.41) is 10.3. The van der Waals surface area contributed by atoms with Gasteiger partial charge in [0.1, 0.15) is 5.69 Å². The largest absolute Gasteiger partial charge is 0.365 e. The van der Waals surface area contributed by atoms with Crippen LogP contribution in [0.5, 0.6) is 0 Å². The highest BCUT2D eigenvalue weighted by Gasteiger charge is 2.24. The Kier molecular flexibility index (Phi) is 3.54. The Morgan fingerprint density at radius 1 is 0.769 bits per heavy atom. The molecule has 0 atom stereocenters. The predicted molar refractivity (Wildman–Crippen MR) is 102 cm³/mol. The summed E-state index contributed by atoms with van der Waals surface area (Å²) in [7, 11) is 0. The van der Waals surface area contributed by atoms with Crippen LogP contribution in [0.4, 0.5) is 0 Å². The molecule has 5 nitrogen and oxygen atoms in total. The molecule has 0 saturated heterocycles. The molecule has 0 amide bonds. The molecule has 26 heavy (non-hydrogen) atoms. The number of para-hydroxylation sites is 2. The Hall–Kier alpha value is -3.38. The standard InChI is InChI=1S/C20H14N5S/c1-3-9-15(10-4-1)19-22-24(16-11-5-2-6-12-16)25(23-19)20-21-17-13-7-8-14-18(17)26-20/h1-14H/q+1. The van der Waals surface area contributed by atoms with Gasteiger partial charge in [-0.15, -0.1) is 0 Å². The van der Waals surface area contributed by atoms with Crippen LogP contribution in [0.1, 0.15) is 0 Å². The van der Waals surface area contributed by atoms with E-state index >= 15 is 0 Å². The van der Waals surface area contributed by atoms with Gasteiger partial charge in [0.2, 0.25) is 0 Å². The van der Waals surface area contributed by atoms with E-state index in [1.54, 1.807) is 20.9 Å². The van der Waals surface area contributed by atoms with E-state index in [0.29, 0.717) is 5.82 Å². The predicted octanol–water partition coefficient (Wildman–Crippen LogP) is 3.82. The molecular formula is C20H14N5S+. The van der Waals surface area contributed by atoms with Crippen LogP contribution in [0.15, 0.2) is 84.9 Å². The lowest BCUT2D eigenvalue weighted by Gasteiger charge is -1.97. The van der Waals surface area contributed by atoms with Gasteiger partial charge < -0.3 is 0 Å². The molecule has 2 aromatic heterocycles. The van der Waals surface area contributed by atoms with Crippen LogP contribution in [0.25, 0.3) is 32.4 Å². The molecule has 6 heteroatoms. The van der Waals surface area contributed by atoms with Gasteiger partial charge in [-0.3, -0.25) is 0 Å². The minimum absolute atomic E-state index is 0.661. The van der Waals surface area contributed by atoms with Crippen molar-refractivity contribution in [2.45, 2.75) is 0 Å². The molecule has 0 unspecified atom stereocenters. The third-order valence-electron chi connectivity index (χ3n) is 4.03. The average Bonchev–Trinajstić information content (AvgIpc) is 3.33. The maximum Gasteiger partial charge on any atom is 0.365 e. The summed E-state index contributed by atoms with van der Waals surface area (Å²) in [6.07, 6.45) is 0. The van der Waals surface area contributed by atoms with Crippen LogP contribution >= 0.6 is 11.3 Å². The van der Waals surface area contributed by atoms with Crippen molar-refractivity contribution in [3.05, 3.63) is 84.9 Å². The summed E-state index contributed by atoms with van der Waals surface area (Å²) in [5.74, 6) is 0.661. The second-order valence-corrected chi connectivity index (χ2v) is 6.78. The van der Waals surface area contributed by atoms with Crippen molar-refractivity contribution in [3.8, 4) is 22.2 Å². The van der Waals surface area contributed by atoms with Gasteiger partial charge in [0.15, 0.2) is 5.52 Å². The fraction of sp³-hybridized carbons (Fsp3) is 0. The quantitative estimate of drug-likeness (QED) is 0.462. The summed E-state index contributed by atoms with van der Waals surface area (Å²) >= 11 is 1.60. The molecule has 5 rings (SSSR count). The van der Waals surface area contributed by atoms with Crippen molar-refractivity contribution >= 4 is 21.6 Å². The van der Waals surface area contributed by atoms with Gasteiger partial charge in [-0.25, -0.2) is 0 Å². The first kappa shape index (κ1) is 14.9. The number of aromatic nitrogens is 5. The first-order valence-corrected chi connectivity index (χ1v) is 9.07. The van der Waals surface area contributed by atoms with E-state index in [1.807, 2.05) is 78.9 Å². The maximum atomic E-state index is 4.74.